The van der Waals surface area contributed by atoms with Gasteiger partial charge in [-0.05, 0) is 24.3 Å². The minimum absolute atomic E-state index is 0.263. The van der Waals surface area contributed by atoms with Gasteiger partial charge in [-0.2, -0.15) is 0 Å². The quantitative estimate of drug-likeness (QED) is 0.878. The molecule has 0 radical (unpaired) electrons. The number of methoxy groups -OCH3 is 1. The zero-order valence-corrected chi connectivity index (χ0v) is 12.4. The van der Waals surface area contributed by atoms with Gasteiger partial charge in [0.1, 0.15) is 5.75 Å². The topological polar surface area (TPSA) is 47.7 Å². The summed E-state index contributed by atoms with van der Waals surface area (Å²) in [6, 6.07) is 12.9. The maximum atomic E-state index is 6.03. The van der Waals surface area contributed by atoms with Crippen molar-refractivity contribution in [3.05, 3.63) is 36.4 Å². The van der Waals surface area contributed by atoms with Crippen LogP contribution in [0.4, 0.5) is 5.69 Å². The molecule has 0 aromatic heterocycles. The van der Waals surface area contributed by atoms with E-state index in [1.807, 2.05) is 6.07 Å². The van der Waals surface area contributed by atoms with E-state index in [1.165, 1.54) is 10.8 Å². The number of fused-ring (bicyclic) bond motifs is 1. The third-order valence-electron chi connectivity index (χ3n) is 4.05. The smallest absolute Gasteiger partial charge is 0.188 e. The standard InChI is InChI=1S/C17H22N2O2/c1-20-12-21-16-7-6-13-4-2-3-5-15(13)17(16)19-10-8-14(18)9-11-19/h2-7,14H,8-12,18H2,1H3. The van der Waals surface area contributed by atoms with Crippen molar-refractivity contribution in [2.45, 2.75) is 18.9 Å². The molecule has 1 heterocycles. The van der Waals surface area contributed by atoms with Gasteiger partial charge in [0.25, 0.3) is 0 Å². The number of benzene rings is 2. The van der Waals surface area contributed by atoms with Gasteiger partial charge in [0.15, 0.2) is 6.79 Å². The molecular weight excluding hydrogens is 264 g/mol. The number of ether oxygens (including phenoxy) is 2. The summed E-state index contributed by atoms with van der Waals surface area (Å²) in [5.74, 6) is 0.881. The van der Waals surface area contributed by atoms with Crippen molar-refractivity contribution < 1.29 is 9.47 Å². The van der Waals surface area contributed by atoms with Crippen LogP contribution >= 0.6 is 0 Å². The van der Waals surface area contributed by atoms with Crippen LogP contribution in [0.25, 0.3) is 10.8 Å². The van der Waals surface area contributed by atoms with E-state index in [0.717, 1.165) is 37.4 Å². The molecular formula is C17H22N2O2. The minimum atomic E-state index is 0.263. The molecule has 0 atom stereocenters. The Kier molecular flexibility index (Phi) is 4.27. The van der Waals surface area contributed by atoms with Crippen molar-refractivity contribution in [2.75, 3.05) is 31.9 Å². The highest BCUT2D eigenvalue weighted by molar-refractivity contribution is 5.97. The lowest BCUT2D eigenvalue weighted by molar-refractivity contribution is 0.0515. The van der Waals surface area contributed by atoms with E-state index < -0.39 is 0 Å². The first-order valence-electron chi connectivity index (χ1n) is 7.43. The Morgan fingerprint density at radius 1 is 1.14 bits per heavy atom. The van der Waals surface area contributed by atoms with Crippen molar-refractivity contribution >= 4 is 16.5 Å². The second-order valence-electron chi connectivity index (χ2n) is 5.51. The number of nitrogens with two attached hydrogens (primary N) is 1. The molecule has 2 aromatic carbocycles. The molecule has 1 aliphatic heterocycles. The zero-order chi connectivity index (χ0) is 14.7. The van der Waals surface area contributed by atoms with Crippen molar-refractivity contribution in [3.8, 4) is 5.75 Å². The molecule has 1 aliphatic rings. The maximum absolute atomic E-state index is 6.03. The number of nitrogens with zero attached hydrogens (tertiary/aromatic N) is 1. The van der Waals surface area contributed by atoms with Crippen molar-refractivity contribution in [1.82, 2.24) is 0 Å². The van der Waals surface area contributed by atoms with Gasteiger partial charge >= 0.3 is 0 Å². The molecule has 2 aromatic rings. The average Bonchev–Trinajstić information content (AvgIpc) is 2.53. The van der Waals surface area contributed by atoms with Crippen LogP contribution in [0.2, 0.25) is 0 Å². The fourth-order valence-electron chi connectivity index (χ4n) is 2.92. The van der Waals surface area contributed by atoms with Gasteiger partial charge in [-0.25, -0.2) is 0 Å². The summed E-state index contributed by atoms with van der Waals surface area (Å²) in [6.45, 7) is 2.20. The van der Waals surface area contributed by atoms with Crippen LogP contribution in [-0.2, 0) is 4.74 Å². The highest BCUT2D eigenvalue weighted by atomic mass is 16.7. The molecule has 0 spiro atoms. The summed E-state index contributed by atoms with van der Waals surface area (Å²) in [6.07, 6.45) is 2.04. The van der Waals surface area contributed by atoms with Crippen LogP contribution in [0.1, 0.15) is 12.8 Å². The first kappa shape index (κ1) is 14.2. The third-order valence-corrected chi connectivity index (χ3v) is 4.05. The Hall–Kier alpha value is -1.78. The lowest BCUT2D eigenvalue weighted by Gasteiger charge is -2.33. The summed E-state index contributed by atoms with van der Waals surface area (Å²) in [4.78, 5) is 2.39. The van der Waals surface area contributed by atoms with Crippen LogP contribution in [0.15, 0.2) is 36.4 Å². The largest absolute Gasteiger partial charge is 0.465 e. The van der Waals surface area contributed by atoms with Crippen LogP contribution in [-0.4, -0.2) is 33.0 Å². The molecule has 1 fully saturated rings. The number of hydrogen-bond acceptors (Lipinski definition) is 4. The lowest BCUT2D eigenvalue weighted by Crippen LogP contribution is -2.39. The second-order valence-corrected chi connectivity index (χ2v) is 5.51. The number of hydrogen-bond donors (Lipinski definition) is 1. The van der Waals surface area contributed by atoms with Crippen LogP contribution < -0.4 is 15.4 Å². The van der Waals surface area contributed by atoms with E-state index in [0.29, 0.717) is 6.04 Å². The monoisotopic (exact) mass is 286 g/mol. The number of rotatable bonds is 4. The molecule has 1 saturated heterocycles. The molecule has 0 aliphatic carbocycles. The molecule has 0 amide bonds. The Bertz CT molecular complexity index is 607. The van der Waals surface area contributed by atoms with E-state index in [4.69, 9.17) is 15.2 Å². The molecule has 4 nitrogen and oxygen atoms in total. The molecule has 2 N–H and O–H groups in total. The van der Waals surface area contributed by atoms with Gasteiger partial charge < -0.3 is 20.1 Å². The SMILES string of the molecule is COCOc1ccc2ccccc2c1N1CCC(N)CC1. The minimum Gasteiger partial charge on any atom is -0.465 e. The molecule has 112 valence electrons. The molecule has 0 saturated carbocycles. The number of piperidine rings is 1. The zero-order valence-electron chi connectivity index (χ0n) is 12.4. The first-order chi connectivity index (χ1) is 10.3. The van der Waals surface area contributed by atoms with Crippen LogP contribution in [0.5, 0.6) is 5.75 Å². The van der Waals surface area contributed by atoms with Crippen molar-refractivity contribution in [2.24, 2.45) is 5.73 Å². The van der Waals surface area contributed by atoms with Crippen LogP contribution in [0, 0.1) is 0 Å². The van der Waals surface area contributed by atoms with Crippen molar-refractivity contribution in [3.63, 3.8) is 0 Å². The van der Waals surface area contributed by atoms with Gasteiger partial charge in [-0.1, -0.05) is 30.3 Å². The molecule has 21 heavy (non-hydrogen) atoms. The molecule has 0 bridgehead atoms. The molecule has 4 heteroatoms. The van der Waals surface area contributed by atoms with Crippen molar-refractivity contribution in [1.29, 1.82) is 0 Å². The summed E-state index contributed by atoms with van der Waals surface area (Å²) in [5, 5.41) is 2.45. The lowest BCUT2D eigenvalue weighted by atomic mass is 10.0. The highest BCUT2D eigenvalue weighted by Crippen LogP contribution is 2.37. The van der Waals surface area contributed by atoms with Crippen LogP contribution in [0.3, 0.4) is 0 Å². The predicted molar refractivity (Wildman–Crippen MR) is 85.9 cm³/mol. The summed E-state index contributed by atoms with van der Waals surface area (Å²) < 4.78 is 10.8. The van der Waals surface area contributed by atoms with E-state index in [9.17, 15) is 0 Å². The van der Waals surface area contributed by atoms with Gasteiger partial charge in [0, 0.05) is 31.6 Å². The summed E-state index contributed by atoms with van der Waals surface area (Å²) in [5.41, 5.74) is 7.19. The molecule has 0 unspecified atom stereocenters. The predicted octanol–water partition coefficient (Wildman–Crippen LogP) is 2.75. The van der Waals surface area contributed by atoms with E-state index >= 15 is 0 Å². The molecule has 3 rings (SSSR count). The normalized spacial score (nSPS) is 16.4. The average molecular weight is 286 g/mol. The Balaban J connectivity index is 2.02. The Morgan fingerprint density at radius 2 is 1.90 bits per heavy atom. The Labute approximate surface area is 125 Å². The highest BCUT2D eigenvalue weighted by Gasteiger charge is 2.21. The number of anilines is 1. The fourth-order valence-corrected chi connectivity index (χ4v) is 2.92. The second kappa shape index (κ2) is 6.33. The first-order valence-corrected chi connectivity index (χ1v) is 7.43. The van der Waals surface area contributed by atoms with E-state index in [2.05, 4.69) is 35.2 Å². The summed E-state index contributed by atoms with van der Waals surface area (Å²) >= 11 is 0. The maximum Gasteiger partial charge on any atom is 0.188 e. The van der Waals surface area contributed by atoms with E-state index in [-0.39, 0.29) is 6.79 Å². The fraction of sp³-hybridized carbons (Fsp3) is 0.412. The summed E-state index contributed by atoms with van der Waals surface area (Å²) in [7, 11) is 1.64. The van der Waals surface area contributed by atoms with E-state index in [1.54, 1.807) is 7.11 Å². The third kappa shape index (κ3) is 2.96. The van der Waals surface area contributed by atoms with Gasteiger partial charge in [-0.3, -0.25) is 0 Å². The Morgan fingerprint density at radius 3 is 2.67 bits per heavy atom. The van der Waals surface area contributed by atoms with Gasteiger partial charge in [0.05, 0.1) is 5.69 Å². The van der Waals surface area contributed by atoms with Gasteiger partial charge in [0.2, 0.25) is 0 Å². The van der Waals surface area contributed by atoms with Gasteiger partial charge in [-0.15, -0.1) is 0 Å².